The van der Waals surface area contributed by atoms with Crippen LogP contribution in [0.15, 0.2) is 35.7 Å². The van der Waals surface area contributed by atoms with E-state index in [2.05, 4.69) is 10.2 Å². The Bertz CT molecular complexity index is 683. The number of hydrogen-bond donors (Lipinski definition) is 0. The van der Waals surface area contributed by atoms with Gasteiger partial charge in [0.25, 0.3) is 0 Å². The van der Waals surface area contributed by atoms with Gasteiger partial charge in [-0.05, 0) is 12.1 Å². The fraction of sp³-hybridized carbons (Fsp3) is 0.333. The third-order valence-electron chi connectivity index (χ3n) is 2.55. The minimum absolute atomic E-state index is 0.108. The number of thioether (sulfide) groups is 1. The lowest BCUT2D eigenvalue weighted by Crippen LogP contribution is -2.06. The van der Waals surface area contributed by atoms with Gasteiger partial charge in [-0.3, -0.25) is 4.57 Å². The molecule has 0 bridgehead atoms. The Hall–Kier alpha value is -1.54. The van der Waals surface area contributed by atoms with Gasteiger partial charge in [-0.25, -0.2) is 8.42 Å². The molecule has 0 aliphatic heterocycles. The van der Waals surface area contributed by atoms with Gasteiger partial charge in [0.2, 0.25) is 0 Å². The minimum Gasteiger partial charge on any atom is -0.495 e. The molecule has 0 saturated carbocycles. The summed E-state index contributed by atoms with van der Waals surface area (Å²) in [7, 11) is -1.37. The highest BCUT2D eigenvalue weighted by molar-refractivity contribution is 8.00. The van der Waals surface area contributed by atoms with Gasteiger partial charge in [0.15, 0.2) is 5.16 Å². The van der Waals surface area contributed by atoms with E-state index in [4.69, 9.17) is 4.74 Å². The third kappa shape index (κ3) is 3.73. The molecule has 2 rings (SSSR count). The van der Waals surface area contributed by atoms with Crippen LogP contribution in [0.5, 0.6) is 5.75 Å². The number of nitrogens with zero attached hydrogens (tertiary/aromatic N) is 3. The largest absolute Gasteiger partial charge is 0.495 e. The van der Waals surface area contributed by atoms with E-state index in [-0.39, 0.29) is 5.75 Å². The summed E-state index contributed by atoms with van der Waals surface area (Å²) < 4.78 is 29.4. The van der Waals surface area contributed by atoms with E-state index < -0.39 is 9.84 Å². The molecule has 0 aliphatic rings. The van der Waals surface area contributed by atoms with Crippen LogP contribution in [0.3, 0.4) is 0 Å². The standard InChI is InChI=1S/C12H15N3O3S2/c1-18-11-6-4-3-5-10(11)15-9-13-14-12(15)19-7-8-20(2,16)17/h3-6,9H,7-8H2,1-2H3. The summed E-state index contributed by atoms with van der Waals surface area (Å²) >= 11 is 1.35. The van der Waals surface area contributed by atoms with E-state index in [9.17, 15) is 8.42 Å². The predicted octanol–water partition coefficient (Wildman–Crippen LogP) is 1.41. The highest BCUT2D eigenvalue weighted by Gasteiger charge is 2.12. The molecule has 20 heavy (non-hydrogen) atoms. The maximum Gasteiger partial charge on any atom is 0.195 e. The summed E-state index contributed by atoms with van der Waals surface area (Å²) in [5.41, 5.74) is 0.821. The average molecular weight is 313 g/mol. The number of rotatable bonds is 6. The number of ether oxygens (including phenoxy) is 1. The van der Waals surface area contributed by atoms with Crippen molar-refractivity contribution in [3.63, 3.8) is 0 Å². The Kier molecular flexibility index (Phi) is 4.66. The molecule has 0 saturated heterocycles. The lowest BCUT2D eigenvalue weighted by Gasteiger charge is -2.10. The van der Waals surface area contributed by atoms with E-state index in [0.29, 0.717) is 16.7 Å². The fourth-order valence-electron chi connectivity index (χ4n) is 1.60. The molecule has 2 aromatic rings. The lowest BCUT2D eigenvalue weighted by atomic mass is 10.3. The van der Waals surface area contributed by atoms with Crippen LogP contribution in [0.4, 0.5) is 0 Å². The number of hydrogen-bond acceptors (Lipinski definition) is 6. The van der Waals surface area contributed by atoms with Crippen LogP contribution in [0.25, 0.3) is 5.69 Å². The molecule has 1 aromatic carbocycles. The van der Waals surface area contributed by atoms with Crippen LogP contribution in [0, 0.1) is 0 Å². The number of methoxy groups -OCH3 is 1. The number of para-hydroxylation sites is 2. The monoisotopic (exact) mass is 313 g/mol. The molecule has 1 aromatic heterocycles. The van der Waals surface area contributed by atoms with Gasteiger partial charge < -0.3 is 4.74 Å². The SMILES string of the molecule is COc1ccccc1-n1cnnc1SCCS(C)(=O)=O. The first-order valence-corrected chi connectivity index (χ1v) is 8.90. The molecule has 0 radical (unpaired) electrons. The minimum atomic E-state index is -2.97. The van der Waals surface area contributed by atoms with Crippen molar-refractivity contribution in [2.75, 3.05) is 24.9 Å². The maximum absolute atomic E-state index is 11.1. The van der Waals surface area contributed by atoms with Crippen molar-refractivity contribution < 1.29 is 13.2 Å². The van der Waals surface area contributed by atoms with E-state index in [1.165, 1.54) is 18.0 Å². The van der Waals surface area contributed by atoms with Crippen LogP contribution in [-0.4, -0.2) is 48.1 Å². The Morgan fingerprint density at radius 2 is 2.10 bits per heavy atom. The Balaban J connectivity index is 2.20. The second-order valence-electron chi connectivity index (χ2n) is 4.13. The Morgan fingerprint density at radius 1 is 1.35 bits per heavy atom. The normalized spacial score (nSPS) is 11.5. The first kappa shape index (κ1) is 14.9. The van der Waals surface area contributed by atoms with Crippen LogP contribution in [-0.2, 0) is 9.84 Å². The van der Waals surface area contributed by atoms with Gasteiger partial charge in [0.05, 0.1) is 18.6 Å². The van der Waals surface area contributed by atoms with Crippen molar-refractivity contribution >= 4 is 21.6 Å². The number of sulfone groups is 1. The van der Waals surface area contributed by atoms with Gasteiger partial charge in [-0.2, -0.15) is 0 Å². The molecule has 0 aliphatic carbocycles. The van der Waals surface area contributed by atoms with Crippen LogP contribution in [0.1, 0.15) is 0 Å². The van der Waals surface area contributed by atoms with Crippen molar-refractivity contribution in [3.05, 3.63) is 30.6 Å². The summed E-state index contributed by atoms with van der Waals surface area (Å²) in [5.74, 6) is 1.25. The lowest BCUT2D eigenvalue weighted by molar-refractivity contribution is 0.412. The van der Waals surface area contributed by atoms with Crippen molar-refractivity contribution in [1.82, 2.24) is 14.8 Å². The van der Waals surface area contributed by atoms with Gasteiger partial charge in [-0.1, -0.05) is 23.9 Å². The predicted molar refractivity (Wildman–Crippen MR) is 78.3 cm³/mol. The molecule has 1 heterocycles. The molecule has 0 spiro atoms. The molecule has 0 atom stereocenters. The Labute approximate surface area is 122 Å². The highest BCUT2D eigenvalue weighted by atomic mass is 32.2. The quantitative estimate of drug-likeness (QED) is 0.751. The smallest absolute Gasteiger partial charge is 0.195 e. The van der Waals surface area contributed by atoms with Gasteiger partial charge in [0.1, 0.15) is 21.9 Å². The molecule has 8 heteroatoms. The zero-order chi connectivity index (χ0) is 14.6. The number of benzene rings is 1. The summed E-state index contributed by atoms with van der Waals surface area (Å²) in [4.78, 5) is 0. The zero-order valence-corrected chi connectivity index (χ0v) is 12.8. The molecule has 6 nitrogen and oxygen atoms in total. The number of aromatic nitrogens is 3. The second kappa shape index (κ2) is 6.27. The summed E-state index contributed by atoms with van der Waals surface area (Å²) in [6.07, 6.45) is 2.80. The van der Waals surface area contributed by atoms with Gasteiger partial charge >= 0.3 is 0 Å². The maximum atomic E-state index is 11.1. The molecule has 108 valence electrons. The third-order valence-corrected chi connectivity index (χ3v) is 4.70. The molecule has 0 fully saturated rings. The highest BCUT2D eigenvalue weighted by Crippen LogP contribution is 2.26. The fourth-order valence-corrected chi connectivity index (χ4v) is 3.72. The van der Waals surface area contributed by atoms with Crippen LogP contribution >= 0.6 is 11.8 Å². The van der Waals surface area contributed by atoms with E-state index in [0.717, 1.165) is 5.69 Å². The van der Waals surface area contributed by atoms with Gasteiger partial charge in [0, 0.05) is 12.0 Å². The zero-order valence-electron chi connectivity index (χ0n) is 11.2. The van der Waals surface area contributed by atoms with E-state index in [1.54, 1.807) is 18.0 Å². The van der Waals surface area contributed by atoms with Crippen LogP contribution in [0.2, 0.25) is 0 Å². The molecule has 0 unspecified atom stereocenters. The summed E-state index contributed by atoms with van der Waals surface area (Å²) in [5, 5.41) is 8.53. The topological polar surface area (TPSA) is 74.1 Å². The Morgan fingerprint density at radius 3 is 2.80 bits per heavy atom. The van der Waals surface area contributed by atoms with Gasteiger partial charge in [-0.15, -0.1) is 10.2 Å². The summed E-state index contributed by atoms with van der Waals surface area (Å²) in [6, 6.07) is 7.51. The first-order chi connectivity index (χ1) is 9.51. The van der Waals surface area contributed by atoms with E-state index >= 15 is 0 Å². The average Bonchev–Trinajstić information content (AvgIpc) is 2.85. The van der Waals surface area contributed by atoms with Crippen molar-refractivity contribution in [2.24, 2.45) is 0 Å². The molecular weight excluding hydrogens is 298 g/mol. The van der Waals surface area contributed by atoms with Crippen molar-refractivity contribution in [2.45, 2.75) is 5.16 Å². The first-order valence-electron chi connectivity index (χ1n) is 5.85. The summed E-state index contributed by atoms with van der Waals surface area (Å²) in [6.45, 7) is 0. The van der Waals surface area contributed by atoms with Crippen LogP contribution < -0.4 is 4.74 Å². The van der Waals surface area contributed by atoms with E-state index in [1.807, 2.05) is 24.3 Å². The molecular formula is C12H15N3O3S2. The molecule has 0 amide bonds. The second-order valence-corrected chi connectivity index (χ2v) is 7.46. The molecule has 0 N–H and O–H groups in total. The van der Waals surface area contributed by atoms with Crippen molar-refractivity contribution in [1.29, 1.82) is 0 Å². The van der Waals surface area contributed by atoms with Crippen molar-refractivity contribution in [3.8, 4) is 11.4 Å².